The molecule has 1 aromatic heterocycles. The second-order valence-corrected chi connectivity index (χ2v) is 3.67. The number of carbonyl (C=O) groups is 1. The molecule has 15 heavy (non-hydrogen) atoms. The fourth-order valence-corrected chi connectivity index (χ4v) is 1.62. The Balaban J connectivity index is 1.82. The van der Waals surface area contributed by atoms with Gasteiger partial charge in [-0.15, -0.1) is 0 Å². The van der Waals surface area contributed by atoms with Crippen molar-refractivity contribution in [3.63, 3.8) is 0 Å². The lowest BCUT2D eigenvalue weighted by Crippen LogP contribution is -2.36. The van der Waals surface area contributed by atoms with Gasteiger partial charge in [0.05, 0.1) is 19.1 Å². The third-order valence-electron chi connectivity index (χ3n) is 2.38. The molecule has 1 saturated heterocycles. The van der Waals surface area contributed by atoms with Crippen LogP contribution in [0.2, 0.25) is 0 Å². The van der Waals surface area contributed by atoms with Crippen LogP contribution in [0.5, 0.6) is 0 Å². The predicted molar refractivity (Wildman–Crippen MR) is 55.3 cm³/mol. The summed E-state index contributed by atoms with van der Waals surface area (Å²) in [6, 6.07) is 3.92. The molecule has 4 nitrogen and oxygen atoms in total. The first-order valence-corrected chi connectivity index (χ1v) is 5.10. The molecule has 1 amide bonds. The number of nitrogens with one attached hydrogen (secondary N) is 1. The average molecular weight is 206 g/mol. The van der Waals surface area contributed by atoms with Crippen LogP contribution < -0.4 is 5.32 Å². The highest BCUT2D eigenvalue weighted by Gasteiger charge is 2.17. The van der Waals surface area contributed by atoms with E-state index in [-0.39, 0.29) is 11.9 Å². The topological polar surface area (TPSA) is 51.2 Å². The number of nitrogens with zero attached hydrogens (tertiary/aromatic N) is 1. The lowest BCUT2D eigenvalue weighted by atomic mass is 10.2. The van der Waals surface area contributed by atoms with Gasteiger partial charge in [-0.1, -0.05) is 6.07 Å². The summed E-state index contributed by atoms with van der Waals surface area (Å²) >= 11 is 0. The van der Waals surface area contributed by atoms with E-state index in [1.54, 1.807) is 12.4 Å². The molecule has 4 heteroatoms. The molecule has 1 N–H and O–H groups in total. The minimum Gasteiger partial charge on any atom is -0.379 e. The minimum atomic E-state index is 0.0403. The summed E-state index contributed by atoms with van der Waals surface area (Å²) in [6.45, 7) is 1.39. The molecule has 1 aliphatic heterocycles. The Kier molecular flexibility index (Phi) is 3.29. The normalized spacial score (nSPS) is 20.1. The molecule has 0 unspecified atom stereocenters. The van der Waals surface area contributed by atoms with Gasteiger partial charge in [0, 0.05) is 19.0 Å². The largest absolute Gasteiger partial charge is 0.379 e. The second-order valence-electron chi connectivity index (χ2n) is 3.67. The van der Waals surface area contributed by atoms with Gasteiger partial charge in [0.15, 0.2) is 0 Å². The molecule has 2 rings (SSSR count). The maximum absolute atomic E-state index is 11.6. The monoisotopic (exact) mass is 206 g/mol. The second kappa shape index (κ2) is 4.89. The lowest BCUT2D eigenvalue weighted by Gasteiger charge is -2.10. The first kappa shape index (κ1) is 10.1. The summed E-state index contributed by atoms with van der Waals surface area (Å²) in [4.78, 5) is 15.5. The van der Waals surface area contributed by atoms with E-state index in [1.165, 1.54) is 0 Å². The van der Waals surface area contributed by atoms with Gasteiger partial charge in [0.1, 0.15) is 0 Å². The van der Waals surface area contributed by atoms with Crippen molar-refractivity contribution in [2.75, 3.05) is 13.2 Å². The first-order valence-electron chi connectivity index (χ1n) is 5.10. The van der Waals surface area contributed by atoms with E-state index in [0.29, 0.717) is 13.0 Å². The molecule has 1 fully saturated rings. The SMILES string of the molecule is O=C(Cc1cccnc1)N[C@H]1CCOC1. The van der Waals surface area contributed by atoms with Gasteiger partial charge in [0.2, 0.25) is 5.91 Å². The molecule has 0 spiro atoms. The molecule has 0 radical (unpaired) electrons. The maximum Gasteiger partial charge on any atom is 0.224 e. The van der Waals surface area contributed by atoms with Crippen LogP contribution in [-0.4, -0.2) is 30.1 Å². The zero-order chi connectivity index (χ0) is 10.5. The lowest BCUT2D eigenvalue weighted by molar-refractivity contribution is -0.121. The van der Waals surface area contributed by atoms with Crippen LogP contribution in [0.4, 0.5) is 0 Å². The Morgan fingerprint density at radius 1 is 1.67 bits per heavy atom. The molecule has 1 aromatic rings. The van der Waals surface area contributed by atoms with Gasteiger partial charge in [-0.2, -0.15) is 0 Å². The molecule has 0 bridgehead atoms. The molecule has 1 atom stereocenters. The smallest absolute Gasteiger partial charge is 0.224 e. The summed E-state index contributed by atoms with van der Waals surface area (Å²) in [5, 5.41) is 2.94. The van der Waals surface area contributed by atoms with Crippen molar-refractivity contribution >= 4 is 5.91 Å². The zero-order valence-corrected chi connectivity index (χ0v) is 8.48. The van der Waals surface area contributed by atoms with E-state index in [4.69, 9.17) is 4.74 Å². The highest BCUT2D eigenvalue weighted by molar-refractivity contribution is 5.78. The predicted octanol–water partition coefficient (Wildman–Crippen LogP) is 0.529. The molecule has 0 aliphatic carbocycles. The van der Waals surface area contributed by atoms with Gasteiger partial charge >= 0.3 is 0 Å². The number of aromatic nitrogens is 1. The Morgan fingerprint density at radius 2 is 2.60 bits per heavy atom. The highest BCUT2D eigenvalue weighted by atomic mass is 16.5. The van der Waals surface area contributed by atoms with Crippen molar-refractivity contribution in [1.29, 1.82) is 0 Å². The molecule has 1 aliphatic rings. The standard InChI is InChI=1S/C11H14N2O2/c14-11(13-10-3-5-15-8-10)6-9-2-1-4-12-7-9/h1-2,4,7,10H,3,5-6,8H2,(H,13,14)/t10-/m0/s1. The van der Waals surface area contributed by atoms with Gasteiger partial charge in [-0.25, -0.2) is 0 Å². The quantitative estimate of drug-likeness (QED) is 0.784. The number of pyridine rings is 1. The zero-order valence-electron chi connectivity index (χ0n) is 8.48. The first-order chi connectivity index (χ1) is 7.34. The van der Waals surface area contributed by atoms with Gasteiger partial charge in [-0.05, 0) is 18.1 Å². The summed E-state index contributed by atoms with van der Waals surface area (Å²) in [5.41, 5.74) is 0.939. The van der Waals surface area contributed by atoms with Crippen LogP contribution in [0.15, 0.2) is 24.5 Å². The van der Waals surface area contributed by atoms with Crippen LogP contribution in [0.3, 0.4) is 0 Å². The van der Waals surface area contributed by atoms with Crippen molar-refractivity contribution < 1.29 is 9.53 Å². The van der Waals surface area contributed by atoms with E-state index in [1.807, 2.05) is 12.1 Å². The van der Waals surface area contributed by atoms with Crippen molar-refractivity contribution in [1.82, 2.24) is 10.3 Å². The summed E-state index contributed by atoms with van der Waals surface area (Å²) in [7, 11) is 0. The van der Waals surface area contributed by atoms with E-state index in [2.05, 4.69) is 10.3 Å². The fourth-order valence-electron chi connectivity index (χ4n) is 1.62. The molecule has 0 saturated carbocycles. The van der Waals surface area contributed by atoms with Crippen LogP contribution in [0.1, 0.15) is 12.0 Å². The third-order valence-corrected chi connectivity index (χ3v) is 2.38. The van der Waals surface area contributed by atoms with E-state index < -0.39 is 0 Å². The fraction of sp³-hybridized carbons (Fsp3) is 0.455. The summed E-state index contributed by atoms with van der Waals surface area (Å²) in [6.07, 6.45) is 4.72. The molecule has 0 aromatic carbocycles. The molecule has 80 valence electrons. The van der Waals surface area contributed by atoms with E-state index >= 15 is 0 Å². The van der Waals surface area contributed by atoms with Crippen LogP contribution >= 0.6 is 0 Å². The Morgan fingerprint density at radius 3 is 3.27 bits per heavy atom. The molecule has 2 heterocycles. The van der Waals surface area contributed by atoms with Gasteiger partial charge in [0.25, 0.3) is 0 Å². The summed E-state index contributed by atoms with van der Waals surface area (Å²) < 4.78 is 5.18. The van der Waals surface area contributed by atoms with E-state index in [9.17, 15) is 4.79 Å². The van der Waals surface area contributed by atoms with Crippen molar-refractivity contribution in [2.24, 2.45) is 0 Å². The number of amides is 1. The summed E-state index contributed by atoms with van der Waals surface area (Å²) in [5.74, 6) is 0.0403. The molecular formula is C11H14N2O2. The number of hydrogen-bond acceptors (Lipinski definition) is 3. The van der Waals surface area contributed by atoms with Gasteiger partial charge in [-0.3, -0.25) is 9.78 Å². The number of ether oxygens (including phenoxy) is 1. The number of rotatable bonds is 3. The van der Waals surface area contributed by atoms with E-state index in [0.717, 1.165) is 18.6 Å². The van der Waals surface area contributed by atoms with Crippen LogP contribution in [-0.2, 0) is 16.0 Å². The van der Waals surface area contributed by atoms with Crippen LogP contribution in [0.25, 0.3) is 0 Å². The van der Waals surface area contributed by atoms with Crippen molar-refractivity contribution in [3.8, 4) is 0 Å². The number of carbonyl (C=O) groups excluding carboxylic acids is 1. The molecular weight excluding hydrogens is 192 g/mol. The Hall–Kier alpha value is -1.42. The number of hydrogen-bond donors (Lipinski definition) is 1. The Labute approximate surface area is 88.7 Å². The highest BCUT2D eigenvalue weighted by Crippen LogP contribution is 2.04. The minimum absolute atomic E-state index is 0.0403. The average Bonchev–Trinajstić information content (AvgIpc) is 2.71. The maximum atomic E-state index is 11.6. The third kappa shape index (κ3) is 3.02. The Bertz CT molecular complexity index is 321. The van der Waals surface area contributed by atoms with Crippen LogP contribution in [0, 0.1) is 0 Å². The van der Waals surface area contributed by atoms with Crippen molar-refractivity contribution in [3.05, 3.63) is 30.1 Å². The van der Waals surface area contributed by atoms with Crippen molar-refractivity contribution in [2.45, 2.75) is 18.9 Å². The van der Waals surface area contributed by atoms with Gasteiger partial charge < -0.3 is 10.1 Å².